The summed E-state index contributed by atoms with van der Waals surface area (Å²) in [5.74, 6) is -3.26. The van der Waals surface area contributed by atoms with Gasteiger partial charge in [-0.1, -0.05) is 123 Å². The molecule has 2 aliphatic rings. The number of carbonyl (C=O) groups is 4. The fourth-order valence-electron chi connectivity index (χ4n) is 12.3. The minimum absolute atomic E-state index is 0.00466. The fraction of sp³-hybridized carbons (Fsp3) is 0.391. The predicted molar refractivity (Wildman–Crippen MR) is 478 cm³/mol. The Morgan fingerprint density at radius 1 is 0.492 bits per heavy atom. The predicted octanol–water partition coefficient (Wildman–Crippen LogP) is 16.1. The first-order valence-electron chi connectivity index (χ1n) is 39.3. The summed E-state index contributed by atoms with van der Waals surface area (Å²) in [6.45, 7) is 31.8. The number of hydrogen-bond donors (Lipinski definition) is 2. The van der Waals surface area contributed by atoms with Crippen LogP contribution in [0, 0.1) is 17.5 Å². The van der Waals surface area contributed by atoms with Crippen molar-refractivity contribution >= 4 is 118 Å². The van der Waals surface area contributed by atoms with Gasteiger partial charge in [0.15, 0.2) is 46.2 Å². The molecule has 0 spiro atoms. The van der Waals surface area contributed by atoms with Gasteiger partial charge in [0.25, 0.3) is 16.7 Å². The summed E-state index contributed by atoms with van der Waals surface area (Å²) in [7, 11) is -6.38. The van der Waals surface area contributed by atoms with Crippen LogP contribution >= 0.6 is 46.4 Å². The van der Waals surface area contributed by atoms with Crippen LogP contribution in [-0.4, -0.2) is 131 Å². The summed E-state index contributed by atoms with van der Waals surface area (Å²) in [6.07, 6.45) is -1.31. The molecule has 5 heterocycles. The average molecular weight is 1850 g/mol. The molecule has 3 atom stereocenters. The van der Waals surface area contributed by atoms with Crippen molar-refractivity contribution < 1.29 is 76.4 Å². The number of alkyl carbamates (subject to hydrolysis) is 2. The highest BCUT2D eigenvalue weighted by Gasteiger charge is 2.53. The van der Waals surface area contributed by atoms with Gasteiger partial charge in [0.05, 0.1) is 78.8 Å². The van der Waals surface area contributed by atoms with Gasteiger partial charge in [-0.2, -0.15) is 15.3 Å². The Bertz CT molecular complexity index is 6140. The molecule has 0 aliphatic carbocycles. The highest BCUT2D eigenvalue weighted by atomic mass is 35.5. The molecule has 11 rings (SSSR count). The Balaban J connectivity index is 0.000000231. The number of nitrogens with zero attached hydrogens (tertiary/aromatic N) is 7. The van der Waals surface area contributed by atoms with Crippen LogP contribution in [0.25, 0.3) is 22.5 Å². The number of sulfone groups is 3. The first-order valence-corrected chi connectivity index (χ1v) is 46.2. The molecule has 26 nitrogen and oxygen atoms in total. The van der Waals surface area contributed by atoms with Gasteiger partial charge >= 0.3 is 19.3 Å². The van der Waals surface area contributed by atoms with Gasteiger partial charge < -0.3 is 29.4 Å². The molecule has 3 aromatic heterocycles. The van der Waals surface area contributed by atoms with Crippen LogP contribution in [-0.2, 0) is 86.7 Å². The highest BCUT2D eigenvalue weighted by Crippen LogP contribution is 2.41. The Morgan fingerprint density at radius 3 is 1.31 bits per heavy atom. The fourth-order valence-corrected chi connectivity index (χ4v) is 16.1. The summed E-state index contributed by atoms with van der Waals surface area (Å²) in [5, 5.41) is 18.3. The number of aryl methyl sites for hydroxylation is 3. The lowest BCUT2D eigenvalue weighted by Crippen LogP contribution is -2.41. The van der Waals surface area contributed by atoms with Crippen molar-refractivity contribution in [1.29, 1.82) is 0 Å². The third-order valence-electron chi connectivity index (χ3n) is 19.6. The van der Waals surface area contributed by atoms with Crippen molar-refractivity contribution in [2.75, 3.05) is 17.3 Å². The molecule has 3 unspecified atom stereocenters. The van der Waals surface area contributed by atoms with Gasteiger partial charge in [-0.15, -0.1) is 0 Å². The lowest BCUT2D eigenvalue weighted by molar-refractivity contribution is 0.00578. The lowest BCUT2D eigenvalue weighted by Gasteiger charge is -2.32. The van der Waals surface area contributed by atoms with Crippen molar-refractivity contribution in [3.63, 3.8) is 0 Å². The van der Waals surface area contributed by atoms with Crippen molar-refractivity contribution in [1.82, 2.24) is 40.0 Å². The standard InChI is InChI=1S/C28H31ClFN3O6S.C23H21ClFN3O3S.C22H25BClFO5S.C12H18ClN3O3.C2H6/c1-7-40(37,38)15-17-8-10-19(26(35)20-11-9-18(30)13-23(20)29)22(12-17)25-21(14-24(34)33(6)32-25)16(2)31-27(36)39-28(3,4)5;1-4-32(30,31)12-14-5-7-16-19(9-14)23-18(11-21(29)28(3)27-23)13(2)26-22(16)17-8-6-15(25)10-20(17)24;1-6-31(27,28)13-14-7-9-16(20(26)17-10-8-15(25)12-19(17)24)18(11-14)23-29-21(2,3)22(4,5)30-23;1-7(14-11(18)19-12(2,3)4)8-6-9(17)16(5)15-10(8)13;1-2/h8-14,16H,7,15H2,1-6H3,(H,31,36);5-11,13H,4,12H2,1-3H3;7-12H,6,13H2,1-5H3;6-7H,1-5H3,(H,14,18);1-2H3. The number of benzene rings is 6. The maximum absolute atomic E-state index is 13.7. The molecular formula is C87H101BCl4F3N9O17S3. The minimum atomic E-state index is -3.44. The summed E-state index contributed by atoms with van der Waals surface area (Å²) in [5.41, 5.74) is 3.32. The molecule has 1 saturated heterocycles. The Labute approximate surface area is 740 Å². The van der Waals surface area contributed by atoms with E-state index in [2.05, 4.69) is 25.9 Å². The van der Waals surface area contributed by atoms with Crippen molar-refractivity contribution in [2.24, 2.45) is 26.1 Å². The molecule has 0 radical (unpaired) electrons. The van der Waals surface area contributed by atoms with E-state index in [1.807, 2.05) is 48.5 Å². The van der Waals surface area contributed by atoms with E-state index in [1.54, 1.807) is 119 Å². The Hall–Kier alpha value is -9.71. The van der Waals surface area contributed by atoms with E-state index in [4.69, 9.17) is 70.2 Å². The molecule has 6 aromatic carbocycles. The highest BCUT2D eigenvalue weighted by molar-refractivity contribution is 7.91. The number of rotatable bonds is 20. The van der Waals surface area contributed by atoms with Crippen LogP contribution < -0.4 is 32.8 Å². The van der Waals surface area contributed by atoms with E-state index in [9.17, 15) is 72.0 Å². The number of aliphatic imine (C=N–C) groups is 1. The number of nitrogens with one attached hydrogen (secondary N) is 2. The lowest BCUT2D eigenvalue weighted by atomic mass is 9.73. The first-order chi connectivity index (χ1) is 57.5. The summed E-state index contributed by atoms with van der Waals surface area (Å²) in [6, 6.07) is 27.9. The van der Waals surface area contributed by atoms with E-state index in [-0.39, 0.29) is 105 Å². The van der Waals surface area contributed by atoms with E-state index in [0.717, 1.165) is 33.6 Å². The molecule has 2 amide bonds. The number of fused-ring (bicyclic) bond motifs is 3. The Morgan fingerprint density at radius 2 is 0.863 bits per heavy atom. The quantitative estimate of drug-likeness (QED) is 0.0528. The number of amides is 2. The zero-order valence-corrected chi connectivity index (χ0v) is 78.1. The molecule has 2 aliphatic heterocycles. The molecule has 666 valence electrons. The van der Waals surface area contributed by atoms with E-state index in [1.165, 1.54) is 86.4 Å². The molecule has 124 heavy (non-hydrogen) atoms. The van der Waals surface area contributed by atoms with Crippen LogP contribution in [0.3, 0.4) is 0 Å². The SMILES string of the molecule is CC.CC(NC(=O)OC(C)(C)C)c1cc(=O)n(C)nc1Cl.CCS(=O)(=O)Cc1ccc(C(=O)c2ccc(F)cc2Cl)c(-c2nn(C)c(=O)cc2C(C)NC(=O)OC(C)(C)C)c1.CCS(=O)(=O)Cc1ccc(C(=O)c2ccc(F)cc2Cl)c(B2OC(C)(C)C(C)(C)O2)c1.CCS(=O)(=O)Cc1ccc2c(c1)-c1nn(C)c(=O)cc1C(C)N=C2c1ccc(F)cc1Cl. The van der Waals surface area contributed by atoms with Gasteiger partial charge in [-0.25, -0.2) is 62.1 Å². The minimum Gasteiger partial charge on any atom is -0.444 e. The largest absolute Gasteiger partial charge is 0.495 e. The molecule has 2 N–H and O–H groups in total. The van der Waals surface area contributed by atoms with Crippen LogP contribution in [0.5, 0.6) is 0 Å². The number of aromatic nitrogens is 6. The molecule has 9 aromatic rings. The summed E-state index contributed by atoms with van der Waals surface area (Å²) >= 11 is 24.6. The van der Waals surface area contributed by atoms with E-state index < -0.39 is 124 Å². The maximum Gasteiger partial charge on any atom is 0.495 e. The second kappa shape index (κ2) is 41.2. The van der Waals surface area contributed by atoms with Crippen LogP contribution in [0.1, 0.15) is 219 Å². The van der Waals surface area contributed by atoms with Crippen molar-refractivity contribution in [3.05, 3.63) is 263 Å². The topological polar surface area (TPSA) is 349 Å². The molecule has 0 saturated carbocycles. The van der Waals surface area contributed by atoms with E-state index >= 15 is 0 Å². The normalized spacial score (nSPS) is 14.5. The average Bonchev–Trinajstić information content (AvgIpc) is 1.57. The zero-order chi connectivity index (χ0) is 93.2. The number of hydrogen-bond acceptors (Lipinski definition) is 21. The number of ether oxygens (including phenoxy) is 2. The summed E-state index contributed by atoms with van der Waals surface area (Å²) < 4.78 is 141. The first kappa shape index (κ1) is 101. The number of carbonyl (C=O) groups excluding carboxylic acids is 4. The smallest absolute Gasteiger partial charge is 0.444 e. The molecular weight excluding hydrogens is 1750 g/mol. The van der Waals surface area contributed by atoms with Crippen molar-refractivity contribution in [2.45, 2.75) is 182 Å². The maximum atomic E-state index is 13.7. The van der Waals surface area contributed by atoms with Gasteiger partial charge in [0.2, 0.25) is 0 Å². The van der Waals surface area contributed by atoms with Gasteiger partial charge in [-0.05, 0) is 179 Å². The zero-order valence-electron chi connectivity index (χ0n) is 72.6. The van der Waals surface area contributed by atoms with Crippen LogP contribution in [0.4, 0.5) is 22.8 Å². The van der Waals surface area contributed by atoms with Gasteiger partial charge in [-0.3, -0.25) is 29.0 Å². The molecule has 37 heteroatoms. The van der Waals surface area contributed by atoms with Gasteiger partial charge in [0, 0.05) is 118 Å². The monoisotopic (exact) mass is 1850 g/mol. The number of halogens is 7. The number of ketones is 2. The van der Waals surface area contributed by atoms with Gasteiger partial charge in [0.1, 0.15) is 28.7 Å². The molecule has 0 bridgehead atoms. The second-order valence-electron chi connectivity index (χ2n) is 31.9. The summed E-state index contributed by atoms with van der Waals surface area (Å²) in [4.78, 5) is 92.4. The third-order valence-corrected chi connectivity index (χ3v) is 25.7. The van der Waals surface area contributed by atoms with Crippen molar-refractivity contribution in [3.8, 4) is 22.5 Å². The van der Waals surface area contributed by atoms with E-state index in [0.29, 0.717) is 61.4 Å². The third kappa shape index (κ3) is 26.5. The van der Waals surface area contributed by atoms with Crippen LogP contribution in [0.2, 0.25) is 20.2 Å². The van der Waals surface area contributed by atoms with Crippen LogP contribution in [0.15, 0.2) is 147 Å². The second-order valence-corrected chi connectivity index (χ2v) is 40.5. The molecule has 1 fully saturated rings. The Kier molecular flexibility index (Phi) is 33.7.